The molecular weight excluding hydrogens is 291 g/mol. The van der Waals surface area contributed by atoms with Crippen molar-refractivity contribution in [2.24, 2.45) is 0 Å². The van der Waals surface area contributed by atoms with E-state index in [9.17, 15) is 9.18 Å². The van der Waals surface area contributed by atoms with Crippen LogP contribution in [0.2, 0.25) is 5.02 Å². The molecule has 3 nitrogen and oxygen atoms in total. The second-order valence-electron chi connectivity index (χ2n) is 4.72. The first kappa shape index (κ1) is 15.3. The maximum Gasteiger partial charge on any atom is 0.226 e. The number of carbonyl (C=O) groups is 1. The van der Waals surface area contributed by atoms with E-state index in [4.69, 9.17) is 11.6 Å². The molecule has 5 heteroatoms. The Balaban J connectivity index is 1.81. The zero-order chi connectivity index (χ0) is 15.2. The topological polar surface area (TPSA) is 41.1 Å². The van der Waals surface area contributed by atoms with Gasteiger partial charge < -0.3 is 10.6 Å². The molecule has 2 rings (SSSR count). The van der Waals surface area contributed by atoms with Crippen molar-refractivity contribution in [3.63, 3.8) is 0 Å². The second kappa shape index (κ2) is 7.09. The third-order valence-corrected chi connectivity index (χ3v) is 3.19. The minimum absolute atomic E-state index is 0.00862. The molecular formula is C16H16ClFN2O. The van der Waals surface area contributed by atoms with Crippen molar-refractivity contribution in [1.29, 1.82) is 0 Å². The summed E-state index contributed by atoms with van der Waals surface area (Å²) in [5.41, 5.74) is 2.62. The highest BCUT2D eigenvalue weighted by Crippen LogP contribution is 2.19. The number of carbonyl (C=O) groups excluding carboxylic acids is 1. The lowest BCUT2D eigenvalue weighted by molar-refractivity contribution is -0.115. The molecule has 0 saturated carbocycles. The van der Waals surface area contributed by atoms with Gasteiger partial charge in [-0.05, 0) is 42.8 Å². The first-order chi connectivity index (χ1) is 10.0. The van der Waals surface area contributed by atoms with Crippen molar-refractivity contribution in [2.75, 3.05) is 17.2 Å². The van der Waals surface area contributed by atoms with Crippen LogP contribution in [-0.4, -0.2) is 12.5 Å². The summed E-state index contributed by atoms with van der Waals surface area (Å²) in [5.74, 6) is -0.659. The van der Waals surface area contributed by atoms with Crippen LogP contribution in [-0.2, 0) is 4.79 Å². The highest BCUT2D eigenvalue weighted by molar-refractivity contribution is 6.31. The minimum atomic E-state index is -0.504. The van der Waals surface area contributed by atoms with Crippen LogP contribution in [0.1, 0.15) is 12.0 Å². The largest absolute Gasteiger partial charge is 0.385 e. The lowest BCUT2D eigenvalue weighted by atomic mass is 10.2. The fourth-order valence-electron chi connectivity index (χ4n) is 1.87. The molecule has 0 aliphatic heterocycles. The van der Waals surface area contributed by atoms with Crippen LogP contribution in [0.25, 0.3) is 0 Å². The maximum absolute atomic E-state index is 13.0. The van der Waals surface area contributed by atoms with E-state index in [2.05, 4.69) is 10.6 Å². The Kier molecular flexibility index (Phi) is 5.17. The van der Waals surface area contributed by atoms with Crippen molar-refractivity contribution in [1.82, 2.24) is 0 Å². The molecule has 0 spiro atoms. The zero-order valence-corrected chi connectivity index (χ0v) is 12.4. The summed E-state index contributed by atoms with van der Waals surface area (Å²) in [6.07, 6.45) is 0.308. The lowest BCUT2D eigenvalue weighted by Gasteiger charge is -2.08. The molecule has 0 atom stereocenters. The molecule has 21 heavy (non-hydrogen) atoms. The van der Waals surface area contributed by atoms with Crippen LogP contribution in [0.4, 0.5) is 15.8 Å². The first-order valence-corrected chi connectivity index (χ1v) is 6.98. The fourth-order valence-corrected chi connectivity index (χ4v) is 2.05. The Bertz CT molecular complexity index is 646. The average molecular weight is 307 g/mol. The average Bonchev–Trinajstić information content (AvgIpc) is 2.43. The summed E-state index contributed by atoms with van der Waals surface area (Å²) >= 11 is 5.66. The summed E-state index contributed by atoms with van der Waals surface area (Å²) in [6, 6.07) is 12.0. The molecule has 2 aromatic carbocycles. The monoisotopic (exact) mass is 306 g/mol. The quantitative estimate of drug-likeness (QED) is 0.868. The molecule has 0 aromatic heterocycles. The van der Waals surface area contributed by atoms with E-state index in [1.165, 1.54) is 18.2 Å². The highest BCUT2D eigenvalue weighted by Gasteiger charge is 2.05. The van der Waals surface area contributed by atoms with Crippen LogP contribution in [0.3, 0.4) is 0 Å². The summed E-state index contributed by atoms with van der Waals surface area (Å²) in [5, 5.41) is 5.84. The molecule has 0 saturated heterocycles. The smallest absolute Gasteiger partial charge is 0.226 e. The number of hydrogen-bond donors (Lipinski definition) is 2. The number of benzene rings is 2. The van der Waals surface area contributed by atoms with Crippen LogP contribution in [0.5, 0.6) is 0 Å². The predicted octanol–water partition coefficient (Wildman–Crippen LogP) is 4.23. The van der Waals surface area contributed by atoms with Gasteiger partial charge in [-0.3, -0.25) is 4.79 Å². The highest BCUT2D eigenvalue weighted by atomic mass is 35.5. The van der Waals surface area contributed by atoms with Gasteiger partial charge in [-0.1, -0.05) is 23.7 Å². The third kappa shape index (κ3) is 4.76. The van der Waals surface area contributed by atoms with E-state index in [1.54, 1.807) is 0 Å². The molecule has 110 valence electrons. The number of amides is 1. The molecule has 0 fully saturated rings. The molecule has 2 aromatic rings. The van der Waals surface area contributed by atoms with Gasteiger partial charge in [0.15, 0.2) is 0 Å². The van der Waals surface area contributed by atoms with E-state index in [-0.39, 0.29) is 10.9 Å². The van der Waals surface area contributed by atoms with Gasteiger partial charge in [-0.2, -0.15) is 0 Å². The summed E-state index contributed by atoms with van der Waals surface area (Å²) < 4.78 is 13.0. The van der Waals surface area contributed by atoms with Crippen molar-refractivity contribution < 1.29 is 9.18 Å². The van der Waals surface area contributed by atoms with E-state index in [0.717, 1.165) is 11.3 Å². The SMILES string of the molecule is Cc1cccc(NCCC(=O)Nc2ccc(F)c(Cl)c2)c1. The zero-order valence-electron chi connectivity index (χ0n) is 11.6. The van der Waals surface area contributed by atoms with Gasteiger partial charge in [0, 0.05) is 24.3 Å². The van der Waals surface area contributed by atoms with Gasteiger partial charge in [0.05, 0.1) is 5.02 Å². The number of aryl methyl sites for hydroxylation is 1. The predicted molar refractivity (Wildman–Crippen MR) is 84.3 cm³/mol. The second-order valence-corrected chi connectivity index (χ2v) is 5.13. The Morgan fingerprint density at radius 2 is 2.00 bits per heavy atom. The Morgan fingerprint density at radius 1 is 1.19 bits per heavy atom. The number of hydrogen-bond acceptors (Lipinski definition) is 2. The third-order valence-electron chi connectivity index (χ3n) is 2.90. The Hall–Kier alpha value is -2.07. The standard InChI is InChI=1S/C16H16ClFN2O/c1-11-3-2-4-12(9-11)19-8-7-16(21)20-13-5-6-15(18)14(17)10-13/h2-6,9-10,19H,7-8H2,1H3,(H,20,21). The van der Waals surface area contributed by atoms with Gasteiger partial charge in [0.2, 0.25) is 5.91 Å². The van der Waals surface area contributed by atoms with Crippen LogP contribution in [0.15, 0.2) is 42.5 Å². The summed E-state index contributed by atoms with van der Waals surface area (Å²) in [7, 11) is 0. The van der Waals surface area contributed by atoms with Crippen LogP contribution >= 0.6 is 11.6 Å². The van der Waals surface area contributed by atoms with E-state index in [0.29, 0.717) is 18.7 Å². The summed E-state index contributed by atoms with van der Waals surface area (Å²) in [6.45, 7) is 2.53. The number of nitrogens with one attached hydrogen (secondary N) is 2. The number of halogens is 2. The van der Waals surface area contributed by atoms with Gasteiger partial charge in [-0.25, -0.2) is 4.39 Å². The minimum Gasteiger partial charge on any atom is -0.385 e. The molecule has 0 radical (unpaired) electrons. The van der Waals surface area contributed by atoms with E-state index < -0.39 is 5.82 Å². The molecule has 0 bridgehead atoms. The van der Waals surface area contributed by atoms with Crippen molar-refractivity contribution in [2.45, 2.75) is 13.3 Å². The molecule has 0 aliphatic carbocycles. The molecule has 0 aliphatic rings. The normalized spacial score (nSPS) is 10.2. The Morgan fingerprint density at radius 3 is 2.71 bits per heavy atom. The molecule has 0 unspecified atom stereocenters. The Labute approximate surface area is 128 Å². The summed E-state index contributed by atoms with van der Waals surface area (Å²) in [4.78, 5) is 11.8. The van der Waals surface area contributed by atoms with E-state index >= 15 is 0 Å². The van der Waals surface area contributed by atoms with Gasteiger partial charge >= 0.3 is 0 Å². The van der Waals surface area contributed by atoms with Crippen molar-refractivity contribution in [3.8, 4) is 0 Å². The maximum atomic E-state index is 13.0. The number of anilines is 2. The molecule has 0 heterocycles. The van der Waals surface area contributed by atoms with Gasteiger partial charge in [0.25, 0.3) is 0 Å². The van der Waals surface area contributed by atoms with Crippen molar-refractivity contribution >= 4 is 28.9 Å². The lowest BCUT2D eigenvalue weighted by Crippen LogP contribution is -2.16. The molecule has 2 N–H and O–H groups in total. The molecule has 1 amide bonds. The van der Waals surface area contributed by atoms with Crippen LogP contribution in [0, 0.1) is 12.7 Å². The number of rotatable bonds is 5. The van der Waals surface area contributed by atoms with Gasteiger partial charge in [0.1, 0.15) is 5.82 Å². The van der Waals surface area contributed by atoms with Gasteiger partial charge in [-0.15, -0.1) is 0 Å². The van der Waals surface area contributed by atoms with Crippen LogP contribution < -0.4 is 10.6 Å². The first-order valence-electron chi connectivity index (χ1n) is 6.60. The fraction of sp³-hybridized carbons (Fsp3) is 0.188. The van der Waals surface area contributed by atoms with Crippen molar-refractivity contribution in [3.05, 3.63) is 58.9 Å². The van der Waals surface area contributed by atoms with E-state index in [1.807, 2.05) is 31.2 Å².